The van der Waals surface area contributed by atoms with Gasteiger partial charge in [0, 0.05) is 6.54 Å². The van der Waals surface area contributed by atoms with E-state index in [0.717, 1.165) is 0 Å². The molecular weight excluding hydrogens is 300 g/mol. The molecule has 0 aromatic carbocycles. The number of hydrogen-bond donors (Lipinski definition) is 6. The van der Waals surface area contributed by atoms with Gasteiger partial charge in [0.25, 0.3) is 0 Å². The summed E-state index contributed by atoms with van der Waals surface area (Å²) in [5.41, 5.74) is 0. The minimum absolute atomic E-state index is 0. The number of aliphatic hydroxyl groups excluding tert-OH is 5. The molecule has 0 amide bonds. The van der Waals surface area contributed by atoms with Crippen LogP contribution >= 0.6 is 0 Å². The molecule has 0 saturated carbocycles. The van der Waals surface area contributed by atoms with Gasteiger partial charge in [0.1, 0.15) is 18.3 Å². The van der Waals surface area contributed by atoms with Crippen molar-refractivity contribution in [3.05, 3.63) is 0 Å². The van der Waals surface area contributed by atoms with Crippen LogP contribution in [0, 0.1) is 0 Å². The topological polar surface area (TPSA) is 113 Å². The Morgan fingerprint density at radius 2 is 1.43 bits per heavy atom. The molecule has 0 aliphatic rings. The summed E-state index contributed by atoms with van der Waals surface area (Å²) in [5, 5.41) is 47.5. The molecule has 0 radical (unpaired) electrons. The van der Waals surface area contributed by atoms with Crippen molar-refractivity contribution < 1.29 is 25.5 Å². The van der Waals surface area contributed by atoms with Crippen LogP contribution in [0.25, 0.3) is 0 Å². The van der Waals surface area contributed by atoms with Crippen molar-refractivity contribution in [3.63, 3.8) is 0 Å². The van der Waals surface area contributed by atoms with Gasteiger partial charge in [0.2, 0.25) is 0 Å². The van der Waals surface area contributed by atoms with E-state index in [4.69, 9.17) is 20.4 Å². The standard InChI is InChI=1S/C7H17NO5.Sb.3H/c1-8-2-4(10)6(12)7(13)5(11)3-9;;;;/h4-13H,2-3H2,1H3;;;;. The van der Waals surface area contributed by atoms with Crippen LogP contribution in [-0.4, -0.2) is 94.6 Å². The molecule has 0 aliphatic carbocycles. The first-order valence-corrected chi connectivity index (χ1v) is 4.02. The van der Waals surface area contributed by atoms with Crippen molar-refractivity contribution in [2.24, 2.45) is 0 Å². The van der Waals surface area contributed by atoms with E-state index >= 15 is 0 Å². The summed E-state index contributed by atoms with van der Waals surface area (Å²) in [4.78, 5) is 0. The second kappa shape index (κ2) is 8.85. The van der Waals surface area contributed by atoms with Gasteiger partial charge in [-0.05, 0) is 7.05 Å². The predicted molar refractivity (Wildman–Crippen MR) is 55.0 cm³/mol. The summed E-state index contributed by atoms with van der Waals surface area (Å²) < 4.78 is 0. The molecule has 7 heteroatoms. The molecule has 4 atom stereocenters. The summed E-state index contributed by atoms with van der Waals surface area (Å²) in [5.74, 6) is 0. The Kier molecular flexibility index (Phi) is 10.7. The van der Waals surface area contributed by atoms with E-state index < -0.39 is 31.0 Å². The van der Waals surface area contributed by atoms with Crippen LogP contribution in [0.4, 0.5) is 0 Å². The van der Waals surface area contributed by atoms with Gasteiger partial charge in [0.05, 0.1) is 12.7 Å². The van der Waals surface area contributed by atoms with Crippen LogP contribution in [0.3, 0.4) is 0 Å². The normalized spacial score (nSPS) is 19.3. The van der Waals surface area contributed by atoms with E-state index in [9.17, 15) is 5.11 Å². The second-order valence-electron chi connectivity index (χ2n) is 2.86. The van der Waals surface area contributed by atoms with Gasteiger partial charge in [0.15, 0.2) is 0 Å². The van der Waals surface area contributed by atoms with E-state index in [1.165, 1.54) is 0 Å². The molecule has 6 N–H and O–H groups in total. The van der Waals surface area contributed by atoms with Crippen molar-refractivity contribution in [1.29, 1.82) is 0 Å². The molecule has 0 bridgehead atoms. The molecule has 4 unspecified atom stereocenters. The molecule has 0 spiro atoms. The van der Waals surface area contributed by atoms with Gasteiger partial charge < -0.3 is 30.8 Å². The predicted octanol–water partition coefficient (Wildman–Crippen LogP) is -4.54. The van der Waals surface area contributed by atoms with Crippen LogP contribution in [0.15, 0.2) is 0 Å². The first-order valence-electron chi connectivity index (χ1n) is 4.02. The van der Waals surface area contributed by atoms with Crippen LogP contribution in [0.5, 0.6) is 0 Å². The van der Waals surface area contributed by atoms with E-state index in [1.54, 1.807) is 7.05 Å². The maximum atomic E-state index is 9.21. The van der Waals surface area contributed by atoms with Crippen molar-refractivity contribution in [3.8, 4) is 0 Å². The number of nitrogens with one attached hydrogen (secondary N) is 1. The van der Waals surface area contributed by atoms with Gasteiger partial charge in [-0.25, -0.2) is 0 Å². The van der Waals surface area contributed by atoms with Gasteiger partial charge in [-0.1, -0.05) is 0 Å². The molecule has 0 rings (SSSR count). The van der Waals surface area contributed by atoms with Crippen molar-refractivity contribution >= 4 is 24.4 Å². The zero-order valence-electron chi connectivity index (χ0n) is 8.17. The van der Waals surface area contributed by atoms with E-state index in [0.29, 0.717) is 0 Å². The summed E-state index contributed by atoms with van der Waals surface area (Å²) in [6.45, 7) is -0.569. The van der Waals surface area contributed by atoms with Gasteiger partial charge in [-0.3, -0.25) is 0 Å². The fourth-order valence-electron chi connectivity index (χ4n) is 0.893. The minimum atomic E-state index is -1.55. The molecule has 0 saturated heterocycles. The fraction of sp³-hybridized carbons (Fsp3) is 1.00. The van der Waals surface area contributed by atoms with Gasteiger partial charge >= 0.3 is 24.4 Å². The van der Waals surface area contributed by atoms with Crippen LogP contribution in [0.1, 0.15) is 0 Å². The Morgan fingerprint density at radius 1 is 1.00 bits per heavy atom. The van der Waals surface area contributed by atoms with E-state index in [-0.39, 0.29) is 31.0 Å². The van der Waals surface area contributed by atoms with E-state index in [1.807, 2.05) is 0 Å². The summed E-state index contributed by atoms with van der Waals surface area (Å²) >= 11 is 0. The van der Waals surface area contributed by atoms with Crippen LogP contribution in [-0.2, 0) is 0 Å². The summed E-state index contributed by atoms with van der Waals surface area (Å²) in [6, 6.07) is 0. The summed E-state index contributed by atoms with van der Waals surface area (Å²) in [6.07, 6.45) is -5.65. The number of hydrogen-bond acceptors (Lipinski definition) is 6. The molecule has 0 aliphatic heterocycles. The summed E-state index contributed by atoms with van der Waals surface area (Å²) in [7, 11) is 1.57. The van der Waals surface area contributed by atoms with Crippen molar-refractivity contribution in [1.82, 2.24) is 5.32 Å². The fourth-order valence-corrected chi connectivity index (χ4v) is 0.893. The zero-order valence-corrected chi connectivity index (χ0v) is 12.2. The Bertz CT molecular complexity index is 139. The molecule has 0 fully saturated rings. The quantitative estimate of drug-likeness (QED) is 0.275. The molecule has 14 heavy (non-hydrogen) atoms. The second-order valence-corrected chi connectivity index (χ2v) is 2.86. The van der Waals surface area contributed by atoms with Crippen molar-refractivity contribution in [2.75, 3.05) is 20.2 Å². The molecule has 0 aromatic heterocycles. The number of aliphatic hydroxyl groups is 5. The SMILES string of the molecule is CNCC(O)C(O)C(O)C(O)CO.[SbH3]. The Hall–Kier alpha value is 0.578. The Morgan fingerprint density at radius 3 is 1.79 bits per heavy atom. The Balaban J connectivity index is 0. The average molecular weight is 320 g/mol. The van der Waals surface area contributed by atoms with Crippen molar-refractivity contribution in [2.45, 2.75) is 24.4 Å². The number of rotatable bonds is 6. The third-order valence-electron chi connectivity index (χ3n) is 1.74. The molecule has 6 nitrogen and oxygen atoms in total. The van der Waals surface area contributed by atoms with Crippen LogP contribution in [0.2, 0.25) is 0 Å². The molecule has 0 aromatic rings. The Labute approximate surface area is 100 Å². The first-order chi connectivity index (χ1) is 6.04. The van der Waals surface area contributed by atoms with Gasteiger partial charge in [-0.15, -0.1) is 0 Å². The monoisotopic (exact) mass is 319 g/mol. The third kappa shape index (κ3) is 5.46. The van der Waals surface area contributed by atoms with Crippen LogP contribution < -0.4 is 5.32 Å². The molecule has 0 heterocycles. The molecule has 88 valence electrons. The first kappa shape index (κ1) is 17.0. The van der Waals surface area contributed by atoms with E-state index in [2.05, 4.69) is 5.32 Å². The molecular formula is C7H20NO5Sb. The third-order valence-corrected chi connectivity index (χ3v) is 1.74. The van der Waals surface area contributed by atoms with Gasteiger partial charge in [-0.2, -0.15) is 0 Å². The number of likely N-dealkylation sites (N-methyl/N-ethyl adjacent to an activating group) is 1. The zero-order chi connectivity index (χ0) is 10.4. The maximum absolute atomic E-state index is 9.21. The average Bonchev–Trinajstić information content (AvgIpc) is 2.14.